The monoisotopic (exact) mass is 252 g/mol. The average molecular weight is 253 g/mol. The van der Waals surface area contributed by atoms with Crippen LogP contribution < -0.4 is 0 Å². The van der Waals surface area contributed by atoms with E-state index in [9.17, 15) is 8.42 Å². The molecule has 0 N–H and O–H groups in total. The summed E-state index contributed by atoms with van der Waals surface area (Å²) in [6.45, 7) is 1.71. The fourth-order valence-corrected chi connectivity index (χ4v) is 3.01. The highest BCUT2D eigenvalue weighted by atomic mass is 35.5. The molecule has 0 bridgehead atoms. The van der Waals surface area contributed by atoms with Gasteiger partial charge in [-0.2, -0.15) is 0 Å². The Morgan fingerprint density at radius 3 is 2.47 bits per heavy atom. The number of sulfone groups is 1. The highest BCUT2D eigenvalue weighted by molar-refractivity contribution is 7.91. The fourth-order valence-electron chi connectivity index (χ4n) is 1.68. The predicted octanol–water partition coefficient (Wildman–Crippen LogP) is 3.00. The Kier molecular flexibility index (Phi) is 5.41. The molecule has 1 saturated carbocycles. The number of hydrogen-bond acceptors (Lipinski definition) is 2. The minimum Gasteiger partial charge on any atom is -0.229 e. The van der Waals surface area contributed by atoms with Crippen LogP contribution >= 0.6 is 11.6 Å². The predicted molar refractivity (Wildman–Crippen MR) is 65.2 cm³/mol. The lowest BCUT2D eigenvalue weighted by Gasteiger charge is -2.06. The van der Waals surface area contributed by atoms with E-state index in [1.54, 1.807) is 6.92 Å². The fraction of sp³-hybridized carbons (Fsp3) is 1.00. The Bertz CT molecular complexity index is 270. The maximum absolute atomic E-state index is 11.2. The first kappa shape index (κ1) is 13.3. The lowest BCUT2D eigenvalue weighted by atomic mass is 10.1. The molecule has 90 valence electrons. The van der Waals surface area contributed by atoms with E-state index in [0.29, 0.717) is 11.1 Å². The Morgan fingerprint density at radius 1 is 1.27 bits per heavy atom. The van der Waals surface area contributed by atoms with Gasteiger partial charge in [0.05, 0.1) is 5.75 Å². The van der Waals surface area contributed by atoms with Gasteiger partial charge in [0.2, 0.25) is 0 Å². The van der Waals surface area contributed by atoms with Crippen LogP contribution in [0.2, 0.25) is 0 Å². The third-order valence-corrected chi connectivity index (χ3v) is 5.37. The minimum atomic E-state index is -2.76. The summed E-state index contributed by atoms with van der Waals surface area (Å²) in [7, 11) is -2.76. The molecule has 0 radical (unpaired) electrons. The Morgan fingerprint density at radius 2 is 1.93 bits per heavy atom. The van der Waals surface area contributed by atoms with Gasteiger partial charge in [0.15, 0.2) is 0 Å². The van der Waals surface area contributed by atoms with Crippen LogP contribution in [0.5, 0.6) is 0 Å². The second-order valence-electron chi connectivity index (χ2n) is 4.44. The van der Waals surface area contributed by atoms with Gasteiger partial charge in [-0.05, 0) is 31.6 Å². The quantitative estimate of drug-likeness (QED) is 0.492. The van der Waals surface area contributed by atoms with Gasteiger partial charge in [-0.15, -0.1) is 11.6 Å². The molecule has 0 heterocycles. The van der Waals surface area contributed by atoms with Crippen LogP contribution in [0.3, 0.4) is 0 Å². The number of rotatable bonds is 8. The van der Waals surface area contributed by atoms with E-state index in [0.717, 1.165) is 31.6 Å². The molecule has 0 spiro atoms. The smallest absolute Gasteiger partial charge is 0.150 e. The van der Waals surface area contributed by atoms with Crippen molar-refractivity contribution in [1.29, 1.82) is 0 Å². The molecule has 1 unspecified atom stereocenters. The van der Waals surface area contributed by atoms with E-state index in [1.807, 2.05) is 0 Å². The number of hydrogen-bond donors (Lipinski definition) is 0. The van der Waals surface area contributed by atoms with Gasteiger partial charge in [-0.25, -0.2) is 8.42 Å². The minimum absolute atomic E-state index is 0.271. The highest BCUT2D eigenvalue weighted by Crippen LogP contribution is 2.37. The van der Waals surface area contributed by atoms with Crippen molar-refractivity contribution >= 4 is 21.4 Å². The molecule has 1 atom stereocenters. The van der Waals surface area contributed by atoms with E-state index >= 15 is 0 Å². The van der Waals surface area contributed by atoms with Crippen LogP contribution in [0.25, 0.3) is 0 Å². The van der Waals surface area contributed by atoms with E-state index in [4.69, 9.17) is 11.6 Å². The molecule has 1 aliphatic rings. The number of alkyl halides is 1. The summed E-state index contributed by atoms with van der Waals surface area (Å²) in [5.41, 5.74) is 0. The summed E-state index contributed by atoms with van der Waals surface area (Å²) < 4.78 is 22.4. The van der Waals surface area contributed by atoms with Crippen LogP contribution in [0.1, 0.15) is 45.4 Å². The van der Waals surface area contributed by atoms with Crippen molar-refractivity contribution in [3.05, 3.63) is 0 Å². The number of halogens is 1. The van der Waals surface area contributed by atoms with Crippen molar-refractivity contribution < 1.29 is 8.42 Å². The largest absolute Gasteiger partial charge is 0.229 e. The van der Waals surface area contributed by atoms with Crippen LogP contribution in [0.4, 0.5) is 0 Å². The van der Waals surface area contributed by atoms with Crippen molar-refractivity contribution in [3.63, 3.8) is 0 Å². The maximum Gasteiger partial charge on any atom is 0.150 e. The topological polar surface area (TPSA) is 34.1 Å². The van der Waals surface area contributed by atoms with E-state index in [1.165, 1.54) is 12.8 Å². The Balaban J connectivity index is 1.97. The van der Waals surface area contributed by atoms with Crippen molar-refractivity contribution in [1.82, 2.24) is 0 Å². The molecular weight excluding hydrogens is 232 g/mol. The van der Waals surface area contributed by atoms with Crippen LogP contribution in [0, 0.1) is 5.92 Å². The molecular formula is C11H21ClO2S. The Hall–Kier alpha value is 0.240. The Labute approximate surface area is 98.3 Å². The van der Waals surface area contributed by atoms with Crippen LogP contribution in [-0.4, -0.2) is 25.3 Å². The summed E-state index contributed by atoms with van der Waals surface area (Å²) >= 11 is 6.16. The molecule has 0 aromatic rings. The zero-order chi connectivity index (χ0) is 11.3. The summed E-state index contributed by atoms with van der Waals surface area (Å²) in [5.74, 6) is 1.37. The summed E-state index contributed by atoms with van der Waals surface area (Å²) in [6, 6.07) is 0. The molecule has 1 rings (SSSR count). The summed E-state index contributed by atoms with van der Waals surface area (Å²) in [6.07, 6.45) is 6.50. The first-order valence-corrected chi connectivity index (χ1v) is 8.15. The first-order valence-electron chi connectivity index (χ1n) is 5.89. The lowest BCUT2D eigenvalue weighted by Crippen LogP contribution is -2.08. The van der Waals surface area contributed by atoms with Crippen LogP contribution in [0.15, 0.2) is 0 Å². The first-order chi connectivity index (χ1) is 7.05. The molecule has 0 saturated heterocycles. The molecule has 15 heavy (non-hydrogen) atoms. The molecule has 1 fully saturated rings. The molecule has 0 aromatic heterocycles. The standard InChI is InChI=1S/C11H21ClO2S/c1-2-15(13,14)9-5-3-4-6-11(12)10-7-8-10/h10-11H,2-9H2,1H3. The second kappa shape index (κ2) is 6.09. The molecule has 0 amide bonds. The lowest BCUT2D eigenvalue weighted by molar-refractivity contribution is 0.580. The van der Waals surface area contributed by atoms with Gasteiger partial charge in [0.1, 0.15) is 9.84 Å². The molecule has 1 aliphatic carbocycles. The zero-order valence-corrected chi connectivity index (χ0v) is 11.0. The van der Waals surface area contributed by atoms with Gasteiger partial charge >= 0.3 is 0 Å². The molecule has 2 nitrogen and oxygen atoms in total. The zero-order valence-electron chi connectivity index (χ0n) is 9.41. The van der Waals surface area contributed by atoms with E-state index in [-0.39, 0.29) is 5.75 Å². The highest BCUT2D eigenvalue weighted by Gasteiger charge is 2.28. The SMILES string of the molecule is CCS(=O)(=O)CCCCCC(Cl)C1CC1. The van der Waals surface area contributed by atoms with Gasteiger partial charge in [0.25, 0.3) is 0 Å². The summed E-state index contributed by atoms with van der Waals surface area (Å²) in [4.78, 5) is 0. The second-order valence-corrected chi connectivity index (χ2v) is 7.47. The van der Waals surface area contributed by atoms with E-state index < -0.39 is 9.84 Å². The van der Waals surface area contributed by atoms with E-state index in [2.05, 4.69) is 0 Å². The summed E-state index contributed by atoms with van der Waals surface area (Å²) in [5, 5.41) is 0.341. The van der Waals surface area contributed by atoms with Crippen molar-refractivity contribution in [3.8, 4) is 0 Å². The maximum atomic E-state index is 11.2. The average Bonchev–Trinajstić information content (AvgIpc) is 3.00. The third kappa shape index (κ3) is 5.76. The molecule has 0 aliphatic heterocycles. The molecule has 0 aromatic carbocycles. The van der Waals surface area contributed by atoms with Crippen molar-refractivity contribution in [2.75, 3.05) is 11.5 Å². The normalized spacial score (nSPS) is 19.1. The molecule has 4 heteroatoms. The van der Waals surface area contributed by atoms with Crippen LogP contribution in [-0.2, 0) is 9.84 Å². The van der Waals surface area contributed by atoms with Crippen molar-refractivity contribution in [2.24, 2.45) is 5.92 Å². The van der Waals surface area contributed by atoms with Gasteiger partial charge in [-0.1, -0.05) is 19.8 Å². The third-order valence-electron chi connectivity index (χ3n) is 3.01. The van der Waals surface area contributed by atoms with Gasteiger partial charge in [-0.3, -0.25) is 0 Å². The van der Waals surface area contributed by atoms with Gasteiger partial charge in [0, 0.05) is 11.1 Å². The van der Waals surface area contributed by atoms with Gasteiger partial charge < -0.3 is 0 Å². The van der Waals surface area contributed by atoms with Crippen molar-refractivity contribution in [2.45, 2.75) is 50.8 Å². The number of unbranched alkanes of at least 4 members (excludes halogenated alkanes) is 2.